The molecule has 170 valence electrons. The van der Waals surface area contributed by atoms with E-state index < -0.39 is 23.6 Å². The average Bonchev–Trinajstić information content (AvgIpc) is 2.83. The van der Waals surface area contributed by atoms with Crippen molar-refractivity contribution in [3.63, 3.8) is 0 Å². The molecule has 33 heavy (non-hydrogen) atoms. The Morgan fingerprint density at radius 1 is 1.21 bits per heavy atom. The number of rotatable bonds is 3. The summed E-state index contributed by atoms with van der Waals surface area (Å²) in [6, 6.07) is 9.25. The van der Waals surface area contributed by atoms with Gasteiger partial charge >= 0.3 is 6.18 Å². The minimum absolute atomic E-state index is 0.175. The minimum atomic E-state index is -4.48. The SMILES string of the molecule is Cc1cc2c(c(Cl)n1)-c1cccnc1C(C)C(=O)N2CC(=O)Nc1ccc(C(F)(F)F)cc1. The number of hydrogen-bond acceptors (Lipinski definition) is 4. The Labute approximate surface area is 192 Å². The second-order valence-electron chi connectivity index (χ2n) is 7.65. The highest BCUT2D eigenvalue weighted by molar-refractivity contribution is 6.33. The molecule has 10 heteroatoms. The molecular formula is C23H18ClF3N4O2. The second kappa shape index (κ2) is 8.47. The highest BCUT2D eigenvalue weighted by atomic mass is 35.5. The van der Waals surface area contributed by atoms with Gasteiger partial charge in [-0.3, -0.25) is 14.6 Å². The van der Waals surface area contributed by atoms with Crippen LogP contribution in [0.3, 0.4) is 0 Å². The van der Waals surface area contributed by atoms with Crippen molar-refractivity contribution in [2.24, 2.45) is 0 Å². The van der Waals surface area contributed by atoms with Gasteiger partial charge in [-0.25, -0.2) is 4.98 Å². The van der Waals surface area contributed by atoms with Crippen LogP contribution in [0, 0.1) is 6.92 Å². The van der Waals surface area contributed by atoms with Crippen LogP contribution in [-0.2, 0) is 15.8 Å². The van der Waals surface area contributed by atoms with Gasteiger partial charge < -0.3 is 10.2 Å². The Hall–Kier alpha value is -3.46. The molecule has 0 radical (unpaired) electrons. The fourth-order valence-corrected chi connectivity index (χ4v) is 4.11. The van der Waals surface area contributed by atoms with Crippen molar-refractivity contribution in [1.82, 2.24) is 9.97 Å². The topological polar surface area (TPSA) is 75.2 Å². The Balaban J connectivity index is 1.68. The maximum absolute atomic E-state index is 13.4. The Morgan fingerprint density at radius 2 is 1.91 bits per heavy atom. The molecule has 0 fully saturated rings. The summed E-state index contributed by atoms with van der Waals surface area (Å²) < 4.78 is 38.3. The number of benzene rings is 1. The first-order valence-corrected chi connectivity index (χ1v) is 10.3. The van der Waals surface area contributed by atoms with Crippen LogP contribution in [-0.4, -0.2) is 28.3 Å². The van der Waals surface area contributed by atoms with Crippen molar-refractivity contribution in [2.75, 3.05) is 16.8 Å². The summed E-state index contributed by atoms with van der Waals surface area (Å²) in [5.41, 5.74) is 1.98. The van der Waals surface area contributed by atoms with Gasteiger partial charge in [0.2, 0.25) is 11.8 Å². The lowest BCUT2D eigenvalue weighted by molar-refractivity contribution is -0.137. The summed E-state index contributed by atoms with van der Waals surface area (Å²) in [7, 11) is 0. The molecular weight excluding hydrogens is 457 g/mol. The lowest BCUT2D eigenvalue weighted by atomic mass is 9.98. The molecule has 6 nitrogen and oxygen atoms in total. The fraction of sp³-hybridized carbons (Fsp3) is 0.217. The molecule has 1 aromatic carbocycles. The van der Waals surface area contributed by atoms with Crippen molar-refractivity contribution in [3.8, 4) is 11.1 Å². The predicted molar refractivity (Wildman–Crippen MR) is 118 cm³/mol. The number of nitrogens with zero attached hydrogens (tertiary/aromatic N) is 3. The summed E-state index contributed by atoms with van der Waals surface area (Å²) in [4.78, 5) is 36.1. The highest BCUT2D eigenvalue weighted by Crippen LogP contribution is 2.43. The van der Waals surface area contributed by atoms with E-state index >= 15 is 0 Å². The number of fused-ring (bicyclic) bond motifs is 3. The van der Waals surface area contributed by atoms with Crippen molar-refractivity contribution < 1.29 is 22.8 Å². The van der Waals surface area contributed by atoms with Gasteiger partial charge in [0.1, 0.15) is 11.7 Å². The summed E-state index contributed by atoms with van der Waals surface area (Å²) in [5.74, 6) is -1.60. The van der Waals surface area contributed by atoms with Crippen LogP contribution >= 0.6 is 11.6 Å². The quantitative estimate of drug-likeness (QED) is 0.528. The lowest BCUT2D eigenvalue weighted by Crippen LogP contribution is -2.40. The van der Waals surface area contributed by atoms with Gasteiger partial charge in [0.25, 0.3) is 0 Å². The number of alkyl halides is 3. The molecule has 1 aliphatic rings. The molecule has 2 aromatic heterocycles. The van der Waals surface area contributed by atoms with Crippen LogP contribution in [0.25, 0.3) is 11.1 Å². The molecule has 0 spiro atoms. The Bertz CT molecular complexity index is 1250. The normalized spacial score (nSPS) is 15.5. The summed E-state index contributed by atoms with van der Waals surface area (Å²) in [6.07, 6.45) is -2.90. The van der Waals surface area contributed by atoms with Crippen LogP contribution in [0.5, 0.6) is 0 Å². The molecule has 3 heterocycles. The standard InChI is InChI=1S/C23H18ClF3N4O2/c1-12-10-17-19(21(24)29-12)16-4-3-9-28-20(16)13(2)22(33)31(17)11-18(32)30-15-7-5-14(6-8-15)23(25,26)27/h3-10,13H,11H2,1-2H3,(H,30,32). The maximum Gasteiger partial charge on any atom is 0.416 e. The molecule has 0 saturated heterocycles. The monoisotopic (exact) mass is 474 g/mol. The van der Waals surface area contributed by atoms with E-state index in [1.165, 1.54) is 4.90 Å². The van der Waals surface area contributed by atoms with E-state index in [1.54, 1.807) is 38.2 Å². The van der Waals surface area contributed by atoms with E-state index in [0.29, 0.717) is 28.2 Å². The molecule has 0 bridgehead atoms. The number of nitrogens with one attached hydrogen (secondary N) is 1. The van der Waals surface area contributed by atoms with Crippen molar-refractivity contribution in [1.29, 1.82) is 0 Å². The van der Waals surface area contributed by atoms with Gasteiger partial charge in [0.05, 0.1) is 22.9 Å². The third-order valence-electron chi connectivity index (χ3n) is 5.33. The van der Waals surface area contributed by atoms with E-state index in [9.17, 15) is 22.8 Å². The van der Waals surface area contributed by atoms with E-state index in [-0.39, 0.29) is 23.3 Å². The zero-order chi connectivity index (χ0) is 23.9. The fourth-order valence-electron chi connectivity index (χ4n) is 3.77. The van der Waals surface area contributed by atoms with Gasteiger partial charge in [-0.1, -0.05) is 17.7 Å². The van der Waals surface area contributed by atoms with Gasteiger partial charge in [0, 0.05) is 28.7 Å². The summed E-state index contributed by atoms with van der Waals surface area (Å²) >= 11 is 6.46. The van der Waals surface area contributed by atoms with Crippen LogP contribution in [0.15, 0.2) is 48.7 Å². The number of anilines is 2. The molecule has 0 aliphatic carbocycles. The number of halogens is 4. The minimum Gasteiger partial charge on any atom is -0.325 e. The third-order valence-corrected chi connectivity index (χ3v) is 5.60. The number of carbonyl (C=O) groups is 2. The molecule has 1 atom stereocenters. The van der Waals surface area contributed by atoms with Gasteiger partial charge in [-0.2, -0.15) is 13.2 Å². The van der Waals surface area contributed by atoms with E-state index in [4.69, 9.17) is 11.6 Å². The zero-order valence-corrected chi connectivity index (χ0v) is 18.3. The predicted octanol–water partition coefficient (Wildman–Crippen LogP) is 5.21. The largest absolute Gasteiger partial charge is 0.416 e. The number of aryl methyl sites for hydroxylation is 1. The highest BCUT2D eigenvalue weighted by Gasteiger charge is 2.35. The molecule has 1 unspecified atom stereocenters. The Morgan fingerprint density at radius 3 is 2.58 bits per heavy atom. The molecule has 0 saturated carbocycles. The first kappa shape index (κ1) is 22.7. The van der Waals surface area contributed by atoms with Crippen molar-refractivity contribution >= 4 is 34.8 Å². The first-order chi connectivity index (χ1) is 15.6. The van der Waals surface area contributed by atoms with Crippen LogP contribution in [0.1, 0.15) is 29.8 Å². The van der Waals surface area contributed by atoms with E-state index in [0.717, 1.165) is 24.3 Å². The van der Waals surface area contributed by atoms with Crippen molar-refractivity contribution in [3.05, 3.63) is 70.8 Å². The number of aromatic nitrogens is 2. The molecule has 3 aromatic rings. The van der Waals surface area contributed by atoms with Gasteiger partial charge in [0.15, 0.2) is 0 Å². The average molecular weight is 475 g/mol. The van der Waals surface area contributed by atoms with E-state index in [2.05, 4.69) is 15.3 Å². The maximum atomic E-state index is 13.4. The molecule has 1 aliphatic heterocycles. The second-order valence-corrected chi connectivity index (χ2v) is 8.01. The van der Waals surface area contributed by atoms with Crippen LogP contribution in [0.2, 0.25) is 5.15 Å². The summed E-state index contributed by atoms with van der Waals surface area (Å²) in [6.45, 7) is 3.04. The van der Waals surface area contributed by atoms with Gasteiger partial charge in [-0.15, -0.1) is 0 Å². The molecule has 1 N–H and O–H groups in total. The van der Waals surface area contributed by atoms with Crippen LogP contribution in [0.4, 0.5) is 24.5 Å². The number of hydrogen-bond donors (Lipinski definition) is 1. The van der Waals surface area contributed by atoms with Crippen molar-refractivity contribution in [2.45, 2.75) is 25.9 Å². The molecule has 4 rings (SSSR count). The molecule has 2 amide bonds. The number of carbonyl (C=O) groups excluding carboxylic acids is 2. The summed E-state index contributed by atoms with van der Waals surface area (Å²) in [5, 5.41) is 2.72. The number of amides is 2. The van der Waals surface area contributed by atoms with E-state index in [1.807, 2.05) is 0 Å². The Kier molecular flexibility index (Phi) is 5.84. The lowest BCUT2D eigenvalue weighted by Gasteiger charge is -2.24. The first-order valence-electron chi connectivity index (χ1n) is 9.97. The zero-order valence-electron chi connectivity index (χ0n) is 17.6. The van der Waals surface area contributed by atoms with Crippen LogP contribution < -0.4 is 10.2 Å². The van der Waals surface area contributed by atoms with Gasteiger partial charge in [-0.05, 0) is 50.2 Å². The smallest absolute Gasteiger partial charge is 0.325 e. The number of pyridine rings is 2. The third kappa shape index (κ3) is 4.41.